The predicted molar refractivity (Wildman–Crippen MR) is 45.5 cm³/mol. The van der Waals surface area contributed by atoms with Gasteiger partial charge >= 0.3 is 0 Å². The molecule has 0 aliphatic rings. The van der Waals surface area contributed by atoms with Gasteiger partial charge in [0, 0.05) is 11.5 Å². The van der Waals surface area contributed by atoms with Gasteiger partial charge in [-0.05, 0) is 0 Å². The van der Waals surface area contributed by atoms with Gasteiger partial charge in [-0.1, -0.05) is 20.8 Å². The Morgan fingerprint density at radius 3 is 2.18 bits per heavy atom. The summed E-state index contributed by atoms with van der Waals surface area (Å²) in [7, 11) is 0. The van der Waals surface area contributed by atoms with Crippen LogP contribution in [0, 0.1) is 0 Å². The summed E-state index contributed by atoms with van der Waals surface area (Å²) < 4.78 is 0. The maximum atomic E-state index is 5.51. The zero-order valence-electron chi connectivity index (χ0n) is 7.13. The number of aromatic nitrogens is 2. The maximum Gasteiger partial charge on any atom is 0.144 e. The number of nitrogens with two attached hydrogens (primary N) is 2. The van der Waals surface area contributed by atoms with Crippen LogP contribution in [-0.4, -0.2) is 9.89 Å². The van der Waals surface area contributed by atoms with Crippen LogP contribution in [0.5, 0.6) is 0 Å². The zero-order chi connectivity index (χ0) is 8.65. The molecule has 1 rings (SSSR count). The van der Waals surface area contributed by atoms with Crippen LogP contribution in [0.2, 0.25) is 0 Å². The van der Waals surface area contributed by atoms with E-state index in [1.165, 1.54) is 4.79 Å². The highest BCUT2D eigenvalue weighted by Crippen LogP contribution is 2.21. The Morgan fingerprint density at radius 1 is 1.45 bits per heavy atom. The van der Waals surface area contributed by atoms with Crippen LogP contribution >= 0.6 is 0 Å². The first-order valence-corrected chi connectivity index (χ1v) is 3.52. The fourth-order valence-electron chi connectivity index (χ4n) is 0.775. The second-order valence-electron chi connectivity index (χ2n) is 3.65. The van der Waals surface area contributed by atoms with Crippen molar-refractivity contribution in [2.24, 2.45) is 0 Å². The van der Waals surface area contributed by atoms with E-state index in [1.54, 1.807) is 6.07 Å². The van der Waals surface area contributed by atoms with Crippen molar-refractivity contribution in [2.45, 2.75) is 26.2 Å². The molecule has 62 valence electrons. The minimum atomic E-state index is 0.0126. The highest BCUT2D eigenvalue weighted by atomic mass is 15.5. The first-order valence-electron chi connectivity index (χ1n) is 3.52. The first kappa shape index (κ1) is 7.91. The number of hydrogen-bond acceptors (Lipinski definition) is 3. The largest absolute Gasteiger partial charge is 0.382 e. The van der Waals surface area contributed by atoms with E-state index in [0.29, 0.717) is 5.82 Å². The Labute approximate surface area is 66.1 Å². The van der Waals surface area contributed by atoms with Crippen LogP contribution in [0.3, 0.4) is 0 Å². The molecular formula is C7H14N4. The van der Waals surface area contributed by atoms with E-state index < -0.39 is 0 Å². The van der Waals surface area contributed by atoms with Gasteiger partial charge in [-0.25, -0.2) is 0 Å². The smallest absolute Gasteiger partial charge is 0.144 e. The van der Waals surface area contributed by atoms with E-state index in [9.17, 15) is 0 Å². The Kier molecular flexibility index (Phi) is 1.55. The molecule has 0 aliphatic carbocycles. The molecule has 0 spiro atoms. The number of rotatable bonds is 0. The molecule has 1 aromatic rings. The third-order valence-electron chi connectivity index (χ3n) is 1.53. The van der Waals surface area contributed by atoms with Crippen molar-refractivity contribution in [1.82, 2.24) is 9.89 Å². The summed E-state index contributed by atoms with van der Waals surface area (Å²) in [5, 5.41) is 4.05. The van der Waals surface area contributed by atoms with Crippen molar-refractivity contribution < 1.29 is 0 Å². The molecule has 0 aromatic carbocycles. The highest BCUT2D eigenvalue weighted by molar-refractivity contribution is 5.33. The molecule has 1 heterocycles. The Hall–Kier alpha value is -1.19. The zero-order valence-corrected chi connectivity index (χ0v) is 7.13. The monoisotopic (exact) mass is 154 g/mol. The van der Waals surface area contributed by atoms with Crippen LogP contribution in [-0.2, 0) is 5.41 Å². The van der Waals surface area contributed by atoms with Gasteiger partial charge in [0.1, 0.15) is 5.82 Å². The minimum Gasteiger partial charge on any atom is -0.382 e. The molecule has 0 unspecified atom stereocenters. The molecule has 4 heteroatoms. The van der Waals surface area contributed by atoms with Crippen molar-refractivity contribution in [3.8, 4) is 0 Å². The first-order chi connectivity index (χ1) is 4.91. The third-order valence-corrected chi connectivity index (χ3v) is 1.53. The van der Waals surface area contributed by atoms with E-state index in [4.69, 9.17) is 11.6 Å². The molecule has 11 heavy (non-hydrogen) atoms. The van der Waals surface area contributed by atoms with Gasteiger partial charge in [0.05, 0.1) is 5.69 Å². The lowest BCUT2D eigenvalue weighted by Gasteiger charge is -2.13. The van der Waals surface area contributed by atoms with Gasteiger partial charge in [0.25, 0.3) is 0 Å². The number of nitrogens with zero attached hydrogens (tertiary/aromatic N) is 2. The summed E-state index contributed by atoms with van der Waals surface area (Å²) in [5.74, 6) is 5.91. The van der Waals surface area contributed by atoms with Crippen LogP contribution in [0.15, 0.2) is 6.07 Å². The van der Waals surface area contributed by atoms with Crippen LogP contribution in [0.25, 0.3) is 0 Å². The molecular weight excluding hydrogens is 140 g/mol. The molecule has 0 saturated heterocycles. The minimum absolute atomic E-state index is 0.0126. The Morgan fingerprint density at radius 2 is 2.00 bits per heavy atom. The molecule has 0 saturated carbocycles. The predicted octanol–water partition coefficient (Wildman–Crippen LogP) is 0.477. The Bertz CT molecular complexity index is 236. The molecule has 0 aliphatic heterocycles. The average molecular weight is 154 g/mol. The summed E-state index contributed by atoms with van der Waals surface area (Å²) in [5.41, 5.74) is 6.44. The van der Waals surface area contributed by atoms with Crippen molar-refractivity contribution in [1.29, 1.82) is 0 Å². The fraction of sp³-hybridized carbons (Fsp3) is 0.571. The summed E-state index contributed by atoms with van der Waals surface area (Å²) in [6.45, 7) is 6.19. The maximum absolute atomic E-state index is 5.51. The molecule has 0 radical (unpaired) electrons. The van der Waals surface area contributed by atoms with E-state index in [0.717, 1.165) is 5.69 Å². The molecule has 4 nitrogen and oxygen atoms in total. The van der Waals surface area contributed by atoms with Crippen molar-refractivity contribution in [3.05, 3.63) is 11.8 Å². The van der Waals surface area contributed by atoms with E-state index in [2.05, 4.69) is 25.9 Å². The van der Waals surface area contributed by atoms with Crippen molar-refractivity contribution in [2.75, 3.05) is 11.6 Å². The van der Waals surface area contributed by atoms with Gasteiger partial charge in [-0.15, -0.1) is 0 Å². The molecule has 0 fully saturated rings. The quantitative estimate of drug-likeness (QED) is 0.534. The summed E-state index contributed by atoms with van der Waals surface area (Å²) in [4.78, 5) is 1.20. The van der Waals surface area contributed by atoms with E-state index >= 15 is 0 Å². The Balaban J connectivity index is 3.08. The van der Waals surface area contributed by atoms with Crippen molar-refractivity contribution in [3.63, 3.8) is 0 Å². The molecule has 1 aromatic heterocycles. The second-order valence-corrected chi connectivity index (χ2v) is 3.65. The molecule has 0 bridgehead atoms. The van der Waals surface area contributed by atoms with Gasteiger partial charge < -0.3 is 11.6 Å². The van der Waals surface area contributed by atoms with Crippen LogP contribution < -0.4 is 11.6 Å². The lowest BCUT2D eigenvalue weighted by Crippen LogP contribution is -2.16. The topological polar surface area (TPSA) is 69.9 Å². The van der Waals surface area contributed by atoms with Crippen molar-refractivity contribution >= 4 is 5.82 Å². The summed E-state index contributed by atoms with van der Waals surface area (Å²) >= 11 is 0. The number of hydrogen-bond donors (Lipinski definition) is 2. The lowest BCUT2D eigenvalue weighted by atomic mass is 9.92. The van der Waals surface area contributed by atoms with E-state index in [1.807, 2.05) is 0 Å². The van der Waals surface area contributed by atoms with E-state index in [-0.39, 0.29) is 5.41 Å². The van der Waals surface area contributed by atoms with Gasteiger partial charge in [-0.3, -0.25) is 0 Å². The van der Waals surface area contributed by atoms with Crippen LogP contribution in [0.4, 0.5) is 5.82 Å². The standard InChI is InChI=1S/C7H14N4/c1-7(2,3)5-4-6(8)11(9)10-5/h4H,8-9H2,1-3H3. The van der Waals surface area contributed by atoms with Gasteiger partial charge in [-0.2, -0.15) is 9.89 Å². The third kappa shape index (κ3) is 1.45. The SMILES string of the molecule is CC(C)(C)c1cc(N)n(N)n1. The van der Waals surface area contributed by atoms with Gasteiger partial charge in [0.2, 0.25) is 0 Å². The number of anilines is 1. The number of nitrogen functional groups attached to an aromatic ring is 2. The normalized spacial score (nSPS) is 11.9. The van der Waals surface area contributed by atoms with Gasteiger partial charge in [0.15, 0.2) is 0 Å². The molecule has 0 amide bonds. The summed E-state index contributed by atoms with van der Waals surface area (Å²) in [6, 6.07) is 1.79. The molecule has 0 atom stereocenters. The fourth-order valence-corrected chi connectivity index (χ4v) is 0.775. The van der Waals surface area contributed by atoms with Crippen LogP contribution in [0.1, 0.15) is 26.5 Å². The molecule has 4 N–H and O–H groups in total. The second kappa shape index (κ2) is 2.15. The average Bonchev–Trinajstić information content (AvgIpc) is 2.11. The summed E-state index contributed by atoms with van der Waals surface area (Å²) in [6.07, 6.45) is 0. The highest BCUT2D eigenvalue weighted by Gasteiger charge is 2.17. The lowest BCUT2D eigenvalue weighted by molar-refractivity contribution is 0.558.